The first-order valence-electron chi connectivity index (χ1n) is 8.92. The van der Waals surface area contributed by atoms with Crippen LogP contribution < -0.4 is 5.32 Å². The second-order valence-corrected chi connectivity index (χ2v) is 6.68. The van der Waals surface area contributed by atoms with Crippen LogP contribution in [0.15, 0.2) is 42.7 Å². The van der Waals surface area contributed by atoms with Gasteiger partial charge in [0.2, 0.25) is 0 Å². The number of hydrogen-bond donors (Lipinski definition) is 2. The van der Waals surface area contributed by atoms with Crippen molar-refractivity contribution in [2.24, 2.45) is 5.92 Å². The third-order valence-electron chi connectivity index (χ3n) is 4.67. The van der Waals surface area contributed by atoms with E-state index in [1.165, 1.54) is 24.0 Å². The lowest BCUT2D eigenvalue weighted by Gasteiger charge is -2.29. The summed E-state index contributed by atoms with van der Waals surface area (Å²) in [7, 11) is 0. The second-order valence-electron chi connectivity index (χ2n) is 6.68. The fraction of sp³-hybridized carbons (Fsp3) is 0.526. The Kier molecular flexibility index (Phi) is 8.41. The molecule has 0 aliphatic carbocycles. The summed E-state index contributed by atoms with van der Waals surface area (Å²) >= 11 is 0. The minimum atomic E-state index is 0. The molecule has 138 valence electrons. The molecule has 0 atom stereocenters. The lowest BCUT2D eigenvalue weighted by molar-refractivity contribution is 0.157. The summed E-state index contributed by atoms with van der Waals surface area (Å²) in [6.07, 6.45) is 6.54. The average molecular weight is 365 g/mol. The van der Waals surface area contributed by atoms with E-state index in [2.05, 4.69) is 45.8 Å². The Morgan fingerprint density at radius 3 is 2.64 bits per heavy atom. The van der Waals surface area contributed by atoms with E-state index in [0.717, 1.165) is 45.2 Å². The van der Waals surface area contributed by atoms with E-state index >= 15 is 0 Å². The van der Waals surface area contributed by atoms with Gasteiger partial charge in [-0.2, -0.15) is 5.10 Å². The summed E-state index contributed by atoms with van der Waals surface area (Å²) in [5.41, 5.74) is 2.47. The van der Waals surface area contributed by atoms with Crippen molar-refractivity contribution in [3.05, 3.63) is 53.9 Å². The van der Waals surface area contributed by atoms with Crippen LogP contribution in [0.1, 0.15) is 24.0 Å². The van der Waals surface area contributed by atoms with Crippen molar-refractivity contribution in [3.63, 3.8) is 0 Å². The molecule has 1 aliphatic heterocycles. The van der Waals surface area contributed by atoms with E-state index in [9.17, 15) is 5.11 Å². The van der Waals surface area contributed by atoms with E-state index in [1.807, 2.05) is 16.9 Å². The monoisotopic (exact) mass is 364 g/mol. The Hall–Kier alpha value is -1.40. The molecule has 2 N–H and O–H groups in total. The van der Waals surface area contributed by atoms with Gasteiger partial charge < -0.3 is 10.4 Å². The third-order valence-corrected chi connectivity index (χ3v) is 4.67. The Labute approximate surface area is 156 Å². The number of aliphatic hydroxyl groups is 1. The number of piperidine rings is 1. The van der Waals surface area contributed by atoms with Crippen LogP contribution in [0.5, 0.6) is 0 Å². The average Bonchev–Trinajstić information content (AvgIpc) is 3.04. The molecule has 0 bridgehead atoms. The summed E-state index contributed by atoms with van der Waals surface area (Å²) < 4.78 is 1.99. The molecule has 2 aromatic rings. The molecule has 25 heavy (non-hydrogen) atoms. The Bertz CT molecular complexity index is 598. The number of halogens is 1. The standard InChI is InChI=1S/C19H28N4O.ClH/c24-11-10-22(13-18-6-8-20-9-7-18)14-19-12-21-23(16-19)15-17-4-2-1-3-5-17;/h1-5,12,16,18,20,24H,6-11,13-15H2;1H. The van der Waals surface area contributed by atoms with Gasteiger partial charge in [-0.1, -0.05) is 30.3 Å². The first-order valence-corrected chi connectivity index (χ1v) is 8.92. The fourth-order valence-electron chi connectivity index (χ4n) is 3.41. The highest BCUT2D eigenvalue weighted by molar-refractivity contribution is 5.85. The van der Waals surface area contributed by atoms with Crippen LogP contribution in [0.3, 0.4) is 0 Å². The first kappa shape index (κ1) is 19.9. The van der Waals surface area contributed by atoms with E-state index < -0.39 is 0 Å². The SMILES string of the molecule is Cl.OCCN(Cc1cnn(Cc2ccccc2)c1)CC1CCNCC1. The highest BCUT2D eigenvalue weighted by atomic mass is 35.5. The van der Waals surface area contributed by atoms with Crippen molar-refractivity contribution in [3.8, 4) is 0 Å². The molecule has 1 fully saturated rings. The molecule has 0 radical (unpaired) electrons. The van der Waals surface area contributed by atoms with Crippen LogP contribution in [-0.2, 0) is 13.1 Å². The number of hydrogen-bond acceptors (Lipinski definition) is 4. The van der Waals surface area contributed by atoms with Crippen molar-refractivity contribution >= 4 is 12.4 Å². The van der Waals surface area contributed by atoms with Crippen LogP contribution in [-0.4, -0.2) is 52.6 Å². The predicted molar refractivity (Wildman–Crippen MR) is 103 cm³/mol. The van der Waals surface area contributed by atoms with E-state index in [1.54, 1.807) is 0 Å². The van der Waals surface area contributed by atoms with Gasteiger partial charge in [0.25, 0.3) is 0 Å². The molecular formula is C19H29ClN4O. The van der Waals surface area contributed by atoms with Gasteiger partial charge in [0.05, 0.1) is 19.3 Å². The summed E-state index contributed by atoms with van der Waals surface area (Å²) in [6.45, 7) is 5.90. The van der Waals surface area contributed by atoms with E-state index in [0.29, 0.717) is 0 Å². The number of nitrogens with one attached hydrogen (secondary N) is 1. The van der Waals surface area contributed by atoms with Crippen molar-refractivity contribution in [2.75, 3.05) is 32.8 Å². The number of aliphatic hydroxyl groups excluding tert-OH is 1. The molecular weight excluding hydrogens is 336 g/mol. The molecule has 0 spiro atoms. The molecule has 0 saturated carbocycles. The summed E-state index contributed by atoms with van der Waals surface area (Å²) in [4.78, 5) is 2.36. The highest BCUT2D eigenvalue weighted by Gasteiger charge is 2.17. The van der Waals surface area contributed by atoms with Gasteiger partial charge in [-0.15, -0.1) is 12.4 Å². The minimum absolute atomic E-state index is 0. The molecule has 6 heteroatoms. The maximum absolute atomic E-state index is 9.37. The van der Waals surface area contributed by atoms with Crippen LogP contribution in [0, 0.1) is 5.92 Å². The molecule has 0 unspecified atom stereocenters. The fourth-order valence-corrected chi connectivity index (χ4v) is 3.41. The molecule has 1 aromatic carbocycles. The molecule has 1 aliphatic rings. The van der Waals surface area contributed by atoms with Crippen LogP contribution >= 0.6 is 12.4 Å². The third kappa shape index (κ3) is 6.44. The number of rotatable bonds is 8. The molecule has 0 amide bonds. The number of aromatic nitrogens is 2. The van der Waals surface area contributed by atoms with Crippen molar-refractivity contribution in [2.45, 2.75) is 25.9 Å². The van der Waals surface area contributed by atoms with E-state index in [-0.39, 0.29) is 19.0 Å². The maximum atomic E-state index is 9.37. The number of benzene rings is 1. The zero-order chi connectivity index (χ0) is 16.6. The zero-order valence-corrected chi connectivity index (χ0v) is 15.5. The summed E-state index contributed by atoms with van der Waals surface area (Å²) in [5.74, 6) is 0.733. The second kappa shape index (κ2) is 10.6. The normalized spacial score (nSPS) is 15.3. The quantitative estimate of drug-likeness (QED) is 0.753. The van der Waals surface area contributed by atoms with Gasteiger partial charge in [-0.05, 0) is 37.4 Å². The lowest BCUT2D eigenvalue weighted by atomic mass is 9.97. The molecule has 5 nitrogen and oxygen atoms in total. The minimum Gasteiger partial charge on any atom is -0.395 e. The maximum Gasteiger partial charge on any atom is 0.0659 e. The Balaban J connectivity index is 0.00000225. The van der Waals surface area contributed by atoms with Crippen LogP contribution in [0.4, 0.5) is 0 Å². The van der Waals surface area contributed by atoms with Gasteiger partial charge in [0.1, 0.15) is 0 Å². The highest BCUT2D eigenvalue weighted by Crippen LogP contribution is 2.15. The Morgan fingerprint density at radius 1 is 1.16 bits per heavy atom. The van der Waals surface area contributed by atoms with Crippen molar-refractivity contribution < 1.29 is 5.11 Å². The van der Waals surface area contributed by atoms with Crippen LogP contribution in [0.2, 0.25) is 0 Å². The molecule has 1 aromatic heterocycles. The van der Waals surface area contributed by atoms with Gasteiger partial charge >= 0.3 is 0 Å². The zero-order valence-electron chi connectivity index (χ0n) is 14.7. The van der Waals surface area contributed by atoms with Gasteiger partial charge in [-0.25, -0.2) is 0 Å². The predicted octanol–water partition coefficient (Wildman–Crippen LogP) is 2.15. The van der Waals surface area contributed by atoms with Crippen molar-refractivity contribution in [1.29, 1.82) is 0 Å². The van der Waals surface area contributed by atoms with E-state index in [4.69, 9.17) is 0 Å². The Morgan fingerprint density at radius 2 is 1.92 bits per heavy atom. The van der Waals surface area contributed by atoms with Gasteiger partial charge in [0.15, 0.2) is 0 Å². The molecule has 1 saturated heterocycles. The molecule has 3 rings (SSSR count). The van der Waals surface area contributed by atoms with Gasteiger partial charge in [0, 0.05) is 31.4 Å². The summed E-state index contributed by atoms with van der Waals surface area (Å²) in [6, 6.07) is 10.4. The topological polar surface area (TPSA) is 53.3 Å². The van der Waals surface area contributed by atoms with Crippen LogP contribution in [0.25, 0.3) is 0 Å². The van der Waals surface area contributed by atoms with Gasteiger partial charge in [-0.3, -0.25) is 9.58 Å². The lowest BCUT2D eigenvalue weighted by Crippen LogP contribution is -2.37. The largest absolute Gasteiger partial charge is 0.395 e. The first-order chi connectivity index (χ1) is 11.8. The van der Waals surface area contributed by atoms with Crippen molar-refractivity contribution in [1.82, 2.24) is 20.0 Å². The molecule has 2 heterocycles. The smallest absolute Gasteiger partial charge is 0.0659 e. The summed E-state index contributed by atoms with van der Waals surface area (Å²) in [5, 5.41) is 17.3. The number of nitrogens with zero attached hydrogens (tertiary/aromatic N) is 3.